The van der Waals surface area contributed by atoms with Crippen molar-refractivity contribution in [1.29, 1.82) is 0 Å². The summed E-state index contributed by atoms with van der Waals surface area (Å²) in [4.78, 5) is 0. The van der Waals surface area contributed by atoms with Crippen LogP contribution >= 0.6 is 0 Å². The van der Waals surface area contributed by atoms with E-state index in [1.807, 2.05) is 0 Å². The summed E-state index contributed by atoms with van der Waals surface area (Å²) >= 11 is 0. The number of hydrogen-bond donors (Lipinski definition) is 1. The molecule has 1 aliphatic carbocycles. The second kappa shape index (κ2) is 3.95. The van der Waals surface area contributed by atoms with Gasteiger partial charge in [-0.05, 0) is 26.2 Å². The predicted octanol–water partition coefficient (Wildman–Crippen LogP) is 0.931. The molecule has 0 spiro atoms. The van der Waals surface area contributed by atoms with Crippen LogP contribution in [0, 0.1) is 0 Å². The summed E-state index contributed by atoms with van der Waals surface area (Å²) in [5.41, 5.74) is 0. The van der Waals surface area contributed by atoms with Crippen molar-refractivity contribution < 1.29 is 9.47 Å². The van der Waals surface area contributed by atoms with Crippen LogP contribution in [0.1, 0.15) is 26.2 Å². The second-order valence-electron chi connectivity index (χ2n) is 4.16. The quantitative estimate of drug-likeness (QED) is 0.709. The average Bonchev–Trinajstić information content (AvgIpc) is 2.43. The summed E-state index contributed by atoms with van der Waals surface area (Å²) in [6.07, 6.45) is 4.38. The fourth-order valence-corrected chi connectivity index (χ4v) is 2.15. The first-order valence-corrected chi connectivity index (χ1v) is 5.20. The third kappa shape index (κ3) is 2.03. The van der Waals surface area contributed by atoms with Crippen molar-refractivity contribution in [2.24, 2.45) is 0 Å². The Morgan fingerprint density at radius 2 is 2.15 bits per heavy atom. The molecule has 0 amide bonds. The van der Waals surface area contributed by atoms with Crippen molar-refractivity contribution in [2.45, 2.75) is 50.5 Å². The van der Waals surface area contributed by atoms with E-state index in [1.165, 1.54) is 12.8 Å². The normalized spacial score (nSPS) is 44.8. The molecule has 0 aromatic rings. The van der Waals surface area contributed by atoms with Gasteiger partial charge in [-0.1, -0.05) is 0 Å². The summed E-state index contributed by atoms with van der Waals surface area (Å²) in [7, 11) is 1.79. The molecule has 2 rings (SSSR count). The van der Waals surface area contributed by atoms with Gasteiger partial charge in [0.2, 0.25) is 0 Å². The summed E-state index contributed by atoms with van der Waals surface area (Å²) in [6, 6.07) is 1.24. The first-order valence-electron chi connectivity index (χ1n) is 5.20. The maximum absolute atomic E-state index is 5.49. The van der Waals surface area contributed by atoms with E-state index in [9.17, 15) is 0 Å². The molecule has 1 saturated heterocycles. The van der Waals surface area contributed by atoms with Crippen molar-refractivity contribution in [3.05, 3.63) is 0 Å². The molecule has 1 heterocycles. The molecular weight excluding hydrogens is 166 g/mol. The Bertz CT molecular complexity index is 168. The Balaban J connectivity index is 1.68. The fraction of sp³-hybridized carbons (Fsp3) is 1.00. The molecule has 13 heavy (non-hydrogen) atoms. The fourth-order valence-electron chi connectivity index (χ4n) is 2.15. The van der Waals surface area contributed by atoms with E-state index in [-0.39, 0.29) is 0 Å². The zero-order valence-electron chi connectivity index (χ0n) is 8.45. The van der Waals surface area contributed by atoms with Crippen LogP contribution in [-0.4, -0.2) is 38.0 Å². The number of rotatable bonds is 3. The van der Waals surface area contributed by atoms with Crippen LogP contribution in [0.5, 0.6) is 0 Å². The minimum Gasteiger partial charge on any atom is -0.381 e. The minimum absolute atomic E-state index is 0.390. The molecule has 2 atom stereocenters. The van der Waals surface area contributed by atoms with Crippen molar-refractivity contribution >= 4 is 0 Å². The van der Waals surface area contributed by atoms with Gasteiger partial charge in [0.1, 0.15) is 0 Å². The van der Waals surface area contributed by atoms with Gasteiger partial charge in [0.05, 0.1) is 12.2 Å². The molecule has 0 unspecified atom stereocenters. The van der Waals surface area contributed by atoms with Crippen LogP contribution in [0.25, 0.3) is 0 Å². The predicted molar refractivity (Wildman–Crippen MR) is 50.8 cm³/mol. The van der Waals surface area contributed by atoms with E-state index in [2.05, 4.69) is 12.2 Å². The van der Waals surface area contributed by atoms with Crippen molar-refractivity contribution in [2.75, 3.05) is 13.7 Å². The Morgan fingerprint density at radius 3 is 2.69 bits per heavy atom. The molecule has 2 fully saturated rings. The van der Waals surface area contributed by atoms with Crippen LogP contribution < -0.4 is 5.32 Å². The number of hydrogen-bond acceptors (Lipinski definition) is 3. The zero-order chi connectivity index (χ0) is 9.26. The van der Waals surface area contributed by atoms with Crippen molar-refractivity contribution in [3.8, 4) is 0 Å². The molecule has 3 nitrogen and oxygen atoms in total. The lowest BCUT2D eigenvalue weighted by molar-refractivity contribution is 0.0105. The van der Waals surface area contributed by atoms with Gasteiger partial charge in [0, 0.05) is 25.8 Å². The molecule has 0 aromatic heterocycles. The van der Waals surface area contributed by atoms with Crippen LogP contribution in [0.3, 0.4) is 0 Å². The van der Waals surface area contributed by atoms with E-state index < -0.39 is 0 Å². The smallest absolute Gasteiger partial charge is 0.0700 e. The van der Waals surface area contributed by atoms with Crippen LogP contribution in [0.4, 0.5) is 0 Å². The van der Waals surface area contributed by atoms with E-state index >= 15 is 0 Å². The Hall–Kier alpha value is -0.120. The highest BCUT2D eigenvalue weighted by molar-refractivity contribution is 4.91. The molecule has 76 valence electrons. The van der Waals surface area contributed by atoms with Crippen LogP contribution in [0.15, 0.2) is 0 Å². The van der Waals surface area contributed by atoms with Gasteiger partial charge >= 0.3 is 0 Å². The van der Waals surface area contributed by atoms with Gasteiger partial charge in [0.25, 0.3) is 0 Å². The molecule has 3 heteroatoms. The largest absolute Gasteiger partial charge is 0.381 e. The van der Waals surface area contributed by atoms with Crippen LogP contribution in [-0.2, 0) is 9.47 Å². The lowest BCUT2D eigenvalue weighted by atomic mass is 9.88. The van der Waals surface area contributed by atoms with Gasteiger partial charge in [-0.25, -0.2) is 0 Å². The summed E-state index contributed by atoms with van der Waals surface area (Å²) in [6.45, 7) is 3.07. The topological polar surface area (TPSA) is 30.5 Å². The monoisotopic (exact) mass is 185 g/mol. The first-order chi connectivity index (χ1) is 6.29. The van der Waals surface area contributed by atoms with Crippen molar-refractivity contribution in [3.63, 3.8) is 0 Å². The van der Waals surface area contributed by atoms with E-state index in [0.29, 0.717) is 24.3 Å². The number of methoxy groups -OCH3 is 1. The average molecular weight is 185 g/mol. The molecule has 1 saturated carbocycles. The molecule has 2 aliphatic rings. The Morgan fingerprint density at radius 1 is 1.38 bits per heavy atom. The Labute approximate surface area is 79.8 Å². The summed E-state index contributed by atoms with van der Waals surface area (Å²) < 4.78 is 10.7. The highest BCUT2D eigenvalue weighted by Crippen LogP contribution is 2.25. The third-order valence-corrected chi connectivity index (χ3v) is 3.25. The first kappa shape index (κ1) is 9.44. The maximum atomic E-state index is 5.49. The highest BCUT2D eigenvalue weighted by Gasteiger charge is 2.33. The van der Waals surface area contributed by atoms with Gasteiger partial charge < -0.3 is 14.8 Å². The standard InChI is InChI=1S/C10H19NO2/c1-7-10(3-4-13-7)11-8-5-9(6-8)12-2/h7-11H,3-6H2,1-2H3/t7-,8?,9?,10-/m1/s1. The van der Waals surface area contributed by atoms with E-state index in [1.54, 1.807) is 7.11 Å². The minimum atomic E-state index is 0.390. The molecular formula is C10H19NO2. The van der Waals surface area contributed by atoms with Crippen molar-refractivity contribution in [1.82, 2.24) is 5.32 Å². The lowest BCUT2D eigenvalue weighted by Gasteiger charge is -2.37. The maximum Gasteiger partial charge on any atom is 0.0700 e. The van der Waals surface area contributed by atoms with Crippen LogP contribution in [0.2, 0.25) is 0 Å². The zero-order valence-corrected chi connectivity index (χ0v) is 8.45. The molecule has 1 N–H and O–H groups in total. The van der Waals surface area contributed by atoms with Gasteiger partial charge in [-0.2, -0.15) is 0 Å². The molecule has 1 aliphatic heterocycles. The lowest BCUT2D eigenvalue weighted by Crippen LogP contribution is -2.50. The molecule has 0 radical (unpaired) electrons. The Kier molecular flexibility index (Phi) is 2.86. The summed E-state index contributed by atoms with van der Waals surface area (Å²) in [5.74, 6) is 0. The van der Waals surface area contributed by atoms with Gasteiger partial charge in [-0.3, -0.25) is 0 Å². The SMILES string of the molecule is COC1CC(N[C@@H]2CCO[C@@H]2C)C1. The van der Waals surface area contributed by atoms with Gasteiger partial charge in [-0.15, -0.1) is 0 Å². The number of nitrogens with one attached hydrogen (secondary N) is 1. The number of ether oxygens (including phenoxy) is 2. The summed E-state index contributed by atoms with van der Waals surface area (Å²) in [5, 5.41) is 3.62. The van der Waals surface area contributed by atoms with Gasteiger partial charge in [0.15, 0.2) is 0 Å². The van der Waals surface area contributed by atoms with E-state index in [4.69, 9.17) is 9.47 Å². The molecule has 0 bridgehead atoms. The second-order valence-corrected chi connectivity index (χ2v) is 4.16. The third-order valence-electron chi connectivity index (χ3n) is 3.25. The van der Waals surface area contributed by atoms with E-state index in [0.717, 1.165) is 13.0 Å². The highest BCUT2D eigenvalue weighted by atomic mass is 16.5. The molecule has 0 aromatic carbocycles.